The molecule has 0 saturated carbocycles. The Labute approximate surface area is 133 Å². The third kappa shape index (κ3) is 4.18. The summed E-state index contributed by atoms with van der Waals surface area (Å²) in [7, 11) is 0. The van der Waals surface area contributed by atoms with Crippen molar-refractivity contribution in [2.45, 2.75) is 46.1 Å². The number of aliphatic hydroxyl groups excluding tert-OH is 1. The summed E-state index contributed by atoms with van der Waals surface area (Å²) in [5.41, 5.74) is 4.66. The second-order valence-electron chi connectivity index (χ2n) is 6.79. The molecule has 0 radical (unpaired) electrons. The molecular formula is C18H27N3O. The normalized spacial score (nSPS) is 11.9. The smallest absolute Gasteiger partial charge is 0.0727 e. The van der Waals surface area contributed by atoms with Gasteiger partial charge in [0.25, 0.3) is 0 Å². The molecule has 4 nitrogen and oxygen atoms in total. The zero-order chi connectivity index (χ0) is 16.2. The monoisotopic (exact) mass is 301 g/mol. The zero-order valence-corrected chi connectivity index (χ0v) is 14.1. The van der Waals surface area contributed by atoms with E-state index in [9.17, 15) is 0 Å². The molecule has 120 valence electrons. The van der Waals surface area contributed by atoms with Gasteiger partial charge < -0.3 is 10.4 Å². The van der Waals surface area contributed by atoms with Crippen molar-refractivity contribution in [1.29, 1.82) is 0 Å². The van der Waals surface area contributed by atoms with Crippen molar-refractivity contribution in [2.75, 3.05) is 13.2 Å². The number of aryl methyl sites for hydroxylation is 1. The number of hydrogen-bond acceptors (Lipinski definition) is 3. The van der Waals surface area contributed by atoms with Crippen molar-refractivity contribution in [3.05, 3.63) is 47.3 Å². The first-order chi connectivity index (χ1) is 10.4. The number of hydrogen-bond donors (Lipinski definition) is 2. The van der Waals surface area contributed by atoms with Crippen LogP contribution in [0, 0.1) is 6.92 Å². The molecule has 1 heterocycles. The zero-order valence-electron chi connectivity index (χ0n) is 14.1. The Bertz CT molecular complexity index is 594. The molecule has 0 atom stereocenters. The van der Waals surface area contributed by atoms with Gasteiger partial charge in [-0.1, -0.05) is 38.5 Å². The van der Waals surface area contributed by atoms with E-state index in [0.29, 0.717) is 0 Å². The molecule has 0 aliphatic rings. The molecule has 0 aliphatic carbocycles. The van der Waals surface area contributed by atoms with E-state index in [2.05, 4.69) is 63.5 Å². The van der Waals surface area contributed by atoms with Crippen LogP contribution in [0.3, 0.4) is 0 Å². The summed E-state index contributed by atoms with van der Waals surface area (Å²) in [6.07, 6.45) is 2.88. The van der Waals surface area contributed by atoms with Gasteiger partial charge in [0.05, 0.1) is 11.4 Å². The first kappa shape index (κ1) is 16.7. The molecule has 0 bridgehead atoms. The number of nitrogens with zero attached hydrogens (tertiary/aromatic N) is 2. The number of aromatic nitrogens is 2. The van der Waals surface area contributed by atoms with Crippen molar-refractivity contribution >= 4 is 0 Å². The third-order valence-corrected chi connectivity index (χ3v) is 3.63. The van der Waals surface area contributed by atoms with Crippen LogP contribution in [0.15, 0.2) is 30.5 Å². The summed E-state index contributed by atoms with van der Waals surface area (Å²) in [5, 5.41) is 17.0. The van der Waals surface area contributed by atoms with Gasteiger partial charge in [0, 0.05) is 30.3 Å². The fourth-order valence-electron chi connectivity index (χ4n) is 2.43. The van der Waals surface area contributed by atoms with Crippen molar-refractivity contribution in [3.63, 3.8) is 0 Å². The van der Waals surface area contributed by atoms with Crippen LogP contribution in [0.2, 0.25) is 0 Å². The lowest BCUT2D eigenvalue weighted by molar-refractivity contribution is 0.286. The van der Waals surface area contributed by atoms with E-state index >= 15 is 0 Å². The highest BCUT2D eigenvalue weighted by Crippen LogP contribution is 2.25. The second kappa shape index (κ2) is 7.07. The van der Waals surface area contributed by atoms with E-state index in [-0.39, 0.29) is 12.0 Å². The second-order valence-corrected chi connectivity index (χ2v) is 6.79. The van der Waals surface area contributed by atoms with Gasteiger partial charge in [-0.3, -0.25) is 0 Å². The summed E-state index contributed by atoms with van der Waals surface area (Å²) >= 11 is 0. The van der Waals surface area contributed by atoms with Crippen LogP contribution in [-0.4, -0.2) is 28.0 Å². The van der Waals surface area contributed by atoms with Gasteiger partial charge >= 0.3 is 0 Å². The van der Waals surface area contributed by atoms with E-state index in [1.54, 1.807) is 0 Å². The predicted molar refractivity (Wildman–Crippen MR) is 90.4 cm³/mol. The van der Waals surface area contributed by atoms with E-state index < -0.39 is 0 Å². The highest BCUT2D eigenvalue weighted by atomic mass is 16.3. The van der Waals surface area contributed by atoms with Crippen LogP contribution < -0.4 is 5.32 Å². The molecule has 0 amide bonds. The largest absolute Gasteiger partial charge is 0.396 e. The molecule has 2 aromatic rings. The molecule has 22 heavy (non-hydrogen) atoms. The quantitative estimate of drug-likeness (QED) is 0.807. The first-order valence-corrected chi connectivity index (χ1v) is 7.89. The lowest BCUT2D eigenvalue weighted by Gasteiger charge is -2.17. The van der Waals surface area contributed by atoms with Gasteiger partial charge in [-0.25, -0.2) is 4.68 Å². The van der Waals surface area contributed by atoms with Gasteiger partial charge in [-0.15, -0.1) is 0 Å². The number of rotatable bonds is 6. The Kier molecular flexibility index (Phi) is 5.37. The summed E-state index contributed by atoms with van der Waals surface area (Å²) in [6, 6.07) is 8.40. The van der Waals surface area contributed by atoms with Crippen LogP contribution in [0.5, 0.6) is 0 Å². The maximum Gasteiger partial charge on any atom is 0.0727 e. The number of aliphatic hydroxyl groups is 1. The van der Waals surface area contributed by atoms with Crippen LogP contribution in [0.1, 0.15) is 44.0 Å². The van der Waals surface area contributed by atoms with Crippen molar-refractivity contribution in [3.8, 4) is 5.69 Å². The fourth-order valence-corrected chi connectivity index (χ4v) is 2.43. The van der Waals surface area contributed by atoms with Crippen molar-refractivity contribution < 1.29 is 5.11 Å². The summed E-state index contributed by atoms with van der Waals surface area (Å²) in [4.78, 5) is 0. The summed E-state index contributed by atoms with van der Waals surface area (Å²) in [5.74, 6) is 0. The average molecular weight is 301 g/mol. The van der Waals surface area contributed by atoms with Gasteiger partial charge in [0.2, 0.25) is 0 Å². The summed E-state index contributed by atoms with van der Waals surface area (Å²) in [6.45, 7) is 10.5. The average Bonchev–Trinajstić information content (AvgIpc) is 2.89. The standard InChI is InChI=1S/C18H27N3O/c1-14-6-8-16(9-7-14)21-13-15(12-19-10-5-11-22)17(20-21)18(2,3)4/h6-9,13,19,22H,5,10-12H2,1-4H3. The minimum atomic E-state index is 0.00391. The third-order valence-electron chi connectivity index (χ3n) is 3.63. The van der Waals surface area contributed by atoms with E-state index in [0.717, 1.165) is 30.9 Å². The Balaban J connectivity index is 2.25. The number of benzene rings is 1. The summed E-state index contributed by atoms with van der Waals surface area (Å²) < 4.78 is 1.96. The Morgan fingerprint density at radius 1 is 1.18 bits per heavy atom. The van der Waals surface area contributed by atoms with E-state index in [1.807, 2.05) is 4.68 Å². The maximum absolute atomic E-state index is 8.87. The Morgan fingerprint density at radius 2 is 1.86 bits per heavy atom. The van der Waals surface area contributed by atoms with E-state index in [4.69, 9.17) is 10.2 Å². The molecule has 0 spiro atoms. The lowest BCUT2D eigenvalue weighted by Crippen LogP contribution is -2.20. The first-order valence-electron chi connectivity index (χ1n) is 7.89. The van der Waals surface area contributed by atoms with Crippen molar-refractivity contribution in [2.24, 2.45) is 0 Å². The van der Waals surface area contributed by atoms with Crippen LogP contribution >= 0.6 is 0 Å². The fraction of sp³-hybridized carbons (Fsp3) is 0.500. The maximum atomic E-state index is 8.87. The number of nitrogens with one attached hydrogen (secondary N) is 1. The molecule has 1 aromatic carbocycles. The molecule has 0 unspecified atom stereocenters. The molecule has 2 rings (SSSR count). The highest BCUT2D eigenvalue weighted by Gasteiger charge is 2.22. The minimum absolute atomic E-state index is 0.00391. The molecule has 1 aromatic heterocycles. The van der Waals surface area contributed by atoms with Gasteiger partial charge in [0.15, 0.2) is 0 Å². The molecule has 0 aliphatic heterocycles. The van der Waals surface area contributed by atoms with Crippen LogP contribution in [0.25, 0.3) is 5.69 Å². The predicted octanol–water partition coefficient (Wildman–Crippen LogP) is 2.95. The highest BCUT2D eigenvalue weighted by molar-refractivity contribution is 5.36. The van der Waals surface area contributed by atoms with Crippen LogP contribution in [0.4, 0.5) is 0 Å². The molecule has 0 fully saturated rings. The molecular weight excluding hydrogens is 274 g/mol. The minimum Gasteiger partial charge on any atom is -0.396 e. The Hall–Kier alpha value is -1.65. The van der Waals surface area contributed by atoms with Crippen molar-refractivity contribution in [1.82, 2.24) is 15.1 Å². The Morgan fingerprint density at radius 3 is 2.45 bits per heavy atom. The van der Waals surface area contributed by atoms with Crippen LogP contribution in [-0.2, 0) is 12.0 Å². The van der Waals surface area contributed by atoms with Gasteiger partial charge in [0.1, 0.15) is 0 Å². The lowest BCUT2D eigenvalue weighted by atomic mass is 9.89. The molecule has 2 N–H and O–H groups in total. The van der Waals surface area contributed by atoms with Gasteiger partial charge in [-0.05, 0) is 32.0 Å². The SMILES string of the molecule is Cc1ccc(-n2cc(CNCCCO)c(C(C)(C)C)n2)cc1. The molecule has 4 heteroatoms. The van der Waals surface area contributed by atoms with Gasteiger partial charge in [-0.2, -0.15) is 5.10 Å². The topological polar surface area (TPSA) is 50.1 Å². The van der Waals surface area contributed by atoms with E-state index in [1.165, 1.54) is 11.1 Å². The molecule has 0 saturated heterocycles.